The van der Waals surface area contributed by atoms with Crippen molar-refractivity contribution in [1.29, 1.82) is 0 Å². The second-order valence-corrected chi connectivity index (χ2v) is 4.78. The van der Waals surface area contributed by atoms with Crippen LogP contribution in [0, 0.1) is 0 Å². The highest BCUT2D eigenvalue weighted by Gasteiger charge is 2.08. The Labute approximate surface area is 118 Å². The molecule has 0 aliphatic rings. The van der Waals surface area contributed by atoms with Gasteiger partial charge in [0.05, 0.1) is 23.8 Å². The van der Waals surface area contributed by atoms with Crippen LogP contribution in [0.2, 0.25) is 0 Å². The summed E-state index contributed by atoms with van der Waals surface area (Å²) < 4.78 is 1.62. The molecular formula is C14H19N5O. The van der Waals surface area contributed by atoms with Crippen molar-refractivity contribution < 1.29 is 4.79 Å². The highest BCUT2D eigenvalue weighted by atomic mass is 16.1. The highest BCUT2D eigenvalue weighted by molar-refractivity contribution is 5.92. The molecule has 1 aromatic carbocycles. The molecule has 1 heterocycles. The number of nitrogens with two attached hydrogens (primary N) is 1. The average Bonchev–Trinajstić information content (AvgIpc) is 2.92. The molecule has 1 aromatic heterocycles. The van der Waals surface area contributed by atoms with E-state index in [1.807, 2.05) is 31.2 Å². The Balaban J connectivity index is 2.01. The van der Waals surface area contributed by atoms with E-state index in [1.54, 1.807) is 17.1 Å². The Bertz CT molecular complexity index is 550. The zero-order valence-corrected chi connectivity index (χ0v) is 11.5. The third-order valence-corrected chi connectivity index (χ3v) is 2.91. The molecule has 1 atom stereocenters. The van der Waals surface area contributed by atoms with Gasteiger partial charge in [0.2, 0.25) is 5.91 Å². The van der Waals surface area contributed by atoms with E-state index in [2.05, 4.69) is 15.6 Å². The van der Waals surface area contributed by atoms with E-state index in [0.717, 1.165) is 24.2 Å². The van der Waals surface area contributed by atoms with Gasteiger partial charge < -0.3 is 11.1 Å². The van der Waals surface area contributed by atoms with E-state index in [-0.39, 0.29) is 11.9 Å². The van der Waals surface area contributed by atoms with Crippen molar-refractivity contribution in [3.8, 4) is 5.69 Å². The van der Waals surface area contributed by atoms with Crippen LogP contribution in [0.4, 0.5) is 5.69 Å². The van der Waals surface area contributed by atoms with E-state index >= 15 is 0 Å². The maximum atomic E-state index is 11.9. The Morgan fingerprint density at radius 2 is 2.25 bits per heavy atom. The molecule has 0 radical (unpaired) electrons. The van der Waals surface area contributed by atoms with E-state index in [1.165, 1.54) is 0 Å². The van der Waals surface area contributed by atoms with E-state index in [9.17, 15) is 4.79 Å². The van der Waals surface area contributed by atoms with Crippen molar-refractivity contribution in [1.82, 2.24) is 15.0 Å². The van der Waals surface area contributed by atoms with Crippen molar-refractivity contribution in [2.24, 2.45) is 5.73 Å². The van der Waals surface area contributed by atoms with Crippen LogP contribution in [0.25, 0.3) is 5.69 Å². The minimum absolute atomic E-state index is 0.0155. The number of hydrogen-bond acceptors (Lipinski definition) is 4. The minimum atomic E-state index is -0.0155. The topological polar surface area (TPSA) is 85.8 Å². The van der Waals surface area contributed by atoms with E-state index < -0.39 is 0 Å². The van der Waals surface area contributed by atoms with Crippen LogP contribution < -0.4 is 11.1 Å². The van der Waals surface area contributed by atoms with Crippen LogP contribution in [0.1, 0.15) is 26.2 Å². The van der Waals surface area contributed by atoms with Gasteiger partial charge in [-0.05, 0) is 31.9 Å². The summed E-state index contributed by atoms with van der Waals surface area (Å²) in [5.41, 5.74) is 7.19. The molecule has 0 aliphatic heterocycles. The summed E-state index contributed by atoms with van der Waals surface area (Å²) in [6, 6.07) is 7.62. The first kappa shape index (κ1) is 14.2. The number of para-hydroxylation sites is 2. The lowest BCUT2D eigenvalue weighted by atomic mass is 10.1. The summed E-state index contributed by atoms with van der Waals surface area (Å²) >= 11 is 0. The van der Waals surface area contributed by atoms with Crippen LogP contribution in [-0.4, -0.2) is 26.9 Å². The van der Waals surface area contributed by atoms with Gasteiger partial charge in [0.15, 0.2) is 0 Å². The van der Waals surface area contributed by atoms with Crippen LogP contribution in [0.5, 0.6) is 0 Å². The molecule has 1 amide bonds. The van der Waals surface area contributed by atoms with Gasteiger partial charge in [-0.2, -0.15) is 0 Å². The maximum Gasteiger partial charge on any atom is 0.224 e. The standard InChI is InChI=1S/C14H19N5O/c1-11(15)5-4-8-14(20)17-12-6-2-3-7-13(12)19-10-9-16-18-19/h2-3,6-7,9-11H,4-5,8,15H2,1H3,(H,17,20). The van der Waals surface area contributed by atoms with Gasteiger partial charge >= 0.3 is 0 Å². The van der Waals surface area contributed by atoms with Gasteiger partial charge in [0, 0.05) is 12.5 Å². The average molecular weight is 273 g/mol. The molecule has 0 aliphatic carbocycles. The van der Waals surface area contributed by atoms with Gasteiger partial charge in [-0.15, -0.1) is 5.10 Å². The summed E-state index contributed by atoms with van der Waals surface area (Å²) in [6.07, 6.45) is 5.43. The number of nitrogens with one attached hydrogen (secondary N) is 1. The van der Waals surface area contributed by atoms with E-state index in [0.29, 0.717) is 6.42 Å². The number of nitrogens with zero attached hydrogens (tertiary/aromatic N) is 3. The molecule has 0 fully saturated rings. The van der Waals surface area contributed by atoms with Crippen LogP contribution >= 0.6 is 0 Å². The molecular weight excluding hydrogens is 254 g/mol. The van der Waals surface area contributed by atoms with Crippen LogP contribution in [0.3, 0.4) is 0 Å². The maximum absolute atomic E-state index is 11.9. The second kappa shape index (κ2) is 6.81. The molecule has 6 heteroatoms. The number of carbonyl (C=O) groups is 1. The minimum Gasteiger partial charge on any atom is -0.328 e. The third-order valence-electron chi connectivity index (χ3n) is 2.91. The smallest absolute Gasteiger partial charge is 0.224 e. The molecule has 3 N–H and O–H groups in total. The molecule has 2 aromatic rings. The summed E-state index contributed by atoms with van der Waals surface area (Å²) in [4.78, 5) is 11.9. The fraction of sp³-hybridized carbons (Fsp3) is 0.357. The fourth-order valence-electron chi connectivity index (χ4n) is 1.91. The molecule has 1 unspecified atom stereocenters. The number of hydrogen-bond donors (Lipinski definition) is 2. The predicted molar refractivity (Wildman–Crippen MR) is 77.5 cm³/mol. The largest absolute Gasteiger partial charge is 0.328 e. The first-order valence-corrected chi connectivity index (χ1v) is 6.68. The summed E-state index contributed by atoms with van der Waals surface area (Å²) in [5.74, 6) is -0.0155. The number of amides is 1. The summed E-state index contributed by atoms with van der Waals surface area (Å²) in [6.45, 7) is 1.94. The first-order chi connectivity index (χ1) is 9.66. The molecule has 0 bridgehead atoms. The number of anilines is 1. The lowest BCUT2D eigenvalue weighted by Gasteiger charge is -2.10. The molecule has 106 valence electrons. The highest BCUT2D eigenvalue weighted by Crippen LogP contribution is 2.19. The third kappa shape index (κ3) is 3.89. The van der Waals surface area contributed by atoms with Gasteiger partial charge in [0.1, 0.15) is 0 Å². The van der Waals surface area contributed by atoms with Gasteiger partial charge in [0.25, 0.3) is 0 Å². The summed E-state index contributed by atoms with van der Waals surface area (Å²) in [7, 11) is 0. The van der Waals surface area contributed by atoms with Gasteiger partial charge in [-0.1, -0.05) is 17.3 Å². The Morgan fingerprint density at radius 3 is 2.95 bits per heavy atom. The molecule has 0 saturated carbocycles. The van der Waals surface area contributed by atoms with Gasteiger partial charge in [-0.3, -0.25) is 4.79 Å². The fourth-order valence-corrected chi connectivity index (χ4v) is 1.91. The predicted octanol–water partition coefficient (Wildman–Crippen LogP) is 1.72. The molecule has 6 nitrogen and oxygen atoms in total. The normalized spacial score (nSPS) is 12.1. The van der Waals surface area contributed by atoms with Gasteiger partial charge in [-0.25, -0.2) is 4.68 Å². The van der Waals surface area contributed by atoms with Crippen molar-refractivity contribution in [3.63, 3.8) is 0 Å². The molecule has 2 rings (SSSR count). The van der Waals surface area contributed by atoms with E-state index in [4.69, 9.17) is 5.73 Å². The van der Waals surface area contributed by atoms with Crippen molar-refractivity contribution in [3.05, 3.63) is 36.7 Å². The summed E-state index contributed by atoms with van der Waals surface area (Å²) in [5, 5.41) is 10.6. The molecule has 0 spiro atoms. The van der Waals surface area contributed by atoms with Crippen molar-refractivity contribution >= 4 is 11.6 Å². The van der Waals surface area contributed by atoms with Crippen molar-refractivity contribution in [2.45, 2.75) is 32.2 Å². The quantitative estimate of drug-likeness (QED) is 0.839. The number of aromatic nitrogens is 3. The zero-order valence-electron chi connectivity index (χ0n) is 11.5. The molecule has 20 heavy (non-hydrogen) atoms. The zero-order chi connectivity index (χ0) is 14.4. The SMILES string of the molecule is CC(N)CCCC(=O)Nc1ccccc1-n1ccnn1. The van der Waals surface area contributed by atoms with Crippen molar-refractivity contribution in [2.75, 3.05) is 5.32 Å². The lowest BCUT2D eigenvalue weighted by Crippen LogP contribution is -2.17. The molecule has 0 saturated heterocycles. The number of carbonyl (C=O) groups excluding carboxylic acids is 1. The number of rotatable bonds is 6. The Morgan fingerprint density at radius 1 is 1.45 bits per heavy atom. The van der Waals surface area contributed by atoms with Crippen LogP contribution in [0.15, 0.2) is 36.7 Å². The Kier molecular flexibility index (Phi) is 4.84. The Hall–Kier alpha value is -2.21. The monoisotopic (exact) mass is 273 g/mol. The second-order valence-electron chi connectivity index (χ2n) is 4.78. The first-order valence-electron chi connectivity index (χ1n) is 6.68. The lowest BCUT2D eigenvalue weighted by molar-refractivity contribution is -0.116. The number of benzene rings is 1. The van der Waals surface area contributed by atoms with Crippen LogP contribution in [-0.2, 0) is 4.79 Å².